The second-order valence-corrected chi connectivity index (χ2v) is 7.81. The zero-order chi connectivity index (χ0) is 19.5. The fraction of sp³-hybridized carbons (Fsp3) is 0.545. The molecule has 2 aliphatic rings. The topological polar surface area (TPSA) is 59.4 Å². The summed E-state index contributed by atoms with van der Waals surface area (Å²) in [6.45, 7) is 5.54. The zero-order valence-corrected chi connectivity index (χ0v) is 17.0. The largest absolute Gasteiger partial charge is 0.376 e. The molecular weight excluding hydrogens is 352 g/mol. The lowest BCUT2D eigenvalue weighted by molar-refractivity contribution is -0.116. The van der Waals surface area contributed by atoms with Gasteiger partial charge in [0.25, 0.3) is 0 Å². The van der Waals surface area contributed by atoms with E-state index >= 15 is 0 Å². The van der Waals surface area contributed by atoms with Crippen molar-refractivity contribution in [1.82, 2.24) is 9.78 Å². The number of hydrogen-bond acceptors (Lipinski definition) is 4. The molecule has 6 nitrogen and oxygen atoms in total. The van der Waals surface area contributed by atoms with E-state index in [0.717, 1.165) is 50.3 Å². The summed E-state index contributed by atoms with van der Waals surface area (Å²) in [4.78, 5) is 14.8. The summed E-state index contributed by atoms with van der Waals surface area (Å²) >= 11 is 0. The number of carbonyl (C=O) groups excluding carboxylic acids is 1. The minimum absolute atomic E-state index is 0.0360. The van der Waals surface area contributed by atoms with Gasteiger partial charge in [0.05, 0.1) is 18.9 Å². The number of nitrogens with zero attached hydrogens (tertiary/aromatic N) is 3. The van der Waals surface area contributed by atoms with Crippen LogP contribution in [0.15, 0.2) is 18.2 Å². The van der Waals surface area contributed by atoms with Gasteiger partial charge in [-0.25, -0.2) is 0 Å². The summed E-state index contributed by atoms with van der Waals surface area (Å²) in [6.07, 6.45) is 5.36. The fourth-order valence-electron chi connectivity index (χ4n) is 4.27. The molecular formula is C22H30N4O2. The van der Waals surface area contributed by atoms with E-state index in [2.05, 4.69) is 41.0 Å². The van der Waals surface area contributed by atoms with Crippen molar-refractivity contribution in [2.45, 2.75) is 58.6 Å². The van der Waals surface area contributed by atoms with E-state index in [9.17, 15) is 4.79 Å². The van der Waals surface area contributed by atoms with Crippen LogP contribution in [0.3, 0.4) is 0 Å². The number of rotatable bonds is 6. The molecule has 0 saturated heterocycles. The Morgan fingerprint density at radius 1 is 1.32 bits per heavy atom. The Morgan fingerprint density at radius 3 is 3.07 bits per heavy atom. The number of aromatic nitrogens is 2. The molecule has 0 unspecified atom stereocenters. The SMILES string of the molecule is CCCn1nc(CCC(=O)Nc2ccc3c(c2)N(C)CCC3)c2c1CCOC2. The van der Waals surface area contributed by atoms with Crippen LogP contribution in [0, 0.1) is 0 Å². The molecule has 0 atom stereocenters. The van der Waals surface area contributed by atoms with E-state index in [-0.39, 0.29) is 5.91 Å². The van der Waals surface area contributed by atoms with Crippen LogP contribution in [0.5, 0.6) is 0 Å². The molecule has 4 rings (SSSR count). The summed E-state index contributed by atoms with van der Waals surface area (Å²) in [5.74, 6) is 0.0360. The molecule has 2 aromatic rings. The summed E-state index contributed by atoms with van der Waals surface area (Å²) in [6, 6.07) is 6.25. The normalized spacial score (nSPS) is 15.9. The molecule has 0 saturated carbocycles. The Labute approximate surface area is 166 Å². The lowest BCUT2D eigenvalue weighted by Gasteiger charge is -2.28. The highest BCUT2D eigenvalue weighted by Crippen LogP contribution is 2.29. The summed E-state index contributed by atoms with van der Waals surface area (Å²) in [7, 11) is 2.11. The first kappa shape index (κ1) is 19.0. The number of carbonyl (C=O) groups is 1. The summed E-state index contributed by atoms with van der Waals surface area (Å²) in [5.41, 5.74) is 6.97. The molecule has 0 aliphatic carbocycles. The molecule has 0 radical (unpaired) electrons. The molecule has 1 amide bonds. The minimum atomic E-state index is 0.0360. The second kappa shape index (κ2) is 8.35. The van der Waals surface area contributed by atoms with Gasteiger partial charge in [-0.1, -0.05) is 13.0 Å². The van der Waals surface area contributed by atoms with Crippen molar-refractivity contribution in [3.05, 3.63) is 40.7 Å². The third-order valence-electron chi connectivity index (χ3n) is 5.72. The minimum Gasteiger partial charge on any atom is -0.376 e. The number of aryl methyl sites for hydroxylation is 3. The van der Waals surface area contributed by atoms with E-state index in [4.69, 9.17) is 9.84 Å². The number of nitrogens with one attached hydrogen (secondary N) is 1. The monoisotopic (exact) mass is 382 g/mol. The smallest absolute Gasteiger partial charge is 0.224 e. The van der Waals surface area contributed by atoms with Gasteiger partial charge in [0.15, 0.2) is 0 Å². The van der Waals surface area contributed by atoms with Gasteiger partial charge in [-0.15, -0.1) is 0 Å². The molecule has 3 heterocycles. The van der Waals surface area contributed by atoms with Crippen molar-refractivity contribution in [2.75, 3.05) is 30.4 Å². The van der Waals surface area contributed by atoms with Crippen molar-refractivity contribution in [1.29, 1.82) is 0 Å². The van der Waals surface area contributed by atoms with Gasteiger partial charge in [0.1, 0.15) is 0 Å². The second-order valence-electron chi connectivity index (χ2n) is 7.81. The molecule has 150 valence electrons. The number of anilines is 2. The first-order valence-corrected chi connectivity index (χ1v) is 10.4. The fourth-order valence-corrected chi connectivity index (χ4v) is 4.27. The van der Waals surface area contributed by atoms with Crippen LogP contribution in [-0.2, 0) is 41.9 Å². The number of ether oxygens (including phenoxy) is 1. The van der Waals surface area contributed by atoms with E-state index < -0.39 is 0 Å². The molecule has 1 N–H and O–H groups in total. The highest BCUT2D eigenvalue weighted by atomic mass is 16.5. The number of fused-ring (bicyclic) bond motifs is 2. The maximum Gasteiger partial charge on any atom is 0.224 e. The van der Waals surface area contributed by atoms with Crippen LogP contribution < -0.4 is 10.2 Å². The molecule has 6 heteroatoms. The molecule has 28 heavy (non-hydrogen) atoms. The first-order valence-electron chi connectivity index (χ1n) is 10.4. The van der Waals surface area contributed by atoms with Crippen molar-refractivity contribution in [3.8, 4) is 0 Å². The first-order chi connectivity index (χ1) is 13.7. The number of hydrogen-bond donors (Lipinski definition) is 1. The Morgan fingerprint density at radius 2 is 2.21 bits per heavy atom. The Hall–Kier alpha value is -2.34. The van der Waals surface area contributed by atoms with E-state index in [1.807, 2.05) is 6.07 Å². The predicted molar refractivity (Wildman–Crippen MR) is 111 cm³/mol. The van der Waals surface area contributed by atoms with Crippen molar-refractivity contribution in [3.63, 3.8) is 0 Å². The van der Waals surface area contributed by atoms with Crippen LogP contribution in [0.2, 0.25) is 0 Å². The quantitative estimate of drug-likeness (QED) is 0.833. The van der Waals surface area contributed by atoms with E-state index in [0.29, 0.717) is 19.4 Å². The lowest BCUT2D eigenvalue weighted by Crippen LogP contribution is -2.25. The van der Waals surface area contributed by atoms with Crippen molar-refractivity contribution >= 4 is 17.3 Å². The Balaban J connectivity index is 1.41. The predicted octanol–water partition coefficient (Wildman–Crippen LogP) is 3.32. The zero-order valence-electron chi connectivity index (χ0n) is 17.0. The van der Waals surface area contributed by atoms with E-state index in [1.54, 1.807) is 0 Å². The maximum absolute atomic E-state index is 12.5. The van der Waals surface area contributed by atoms with Gasteiger partial charge < -0.3 is 15.0 Å². The molecule has 1 aromatic heterocycles. The van der Waals surface area contributed by atoms with Crippen molar-refractivity contribution < 1.29 is 9.53 Å². The average molecular weight is 383 g/mol. The summed E-state index contributed by atoms with van der Waals surface area (Å²) < 4.78 is 7.75. The van der Waals surface area contributed by atoms with Crippen LogP contribution >= 0.6 is 0 Å². The van der Waals surface area contributed by atoms with Gasteiger partial charge in [-0.3, -0.25) is 9.48 Å². The molecule has 0 spiro atoms. The molecule has 1 aromatic carbocycles. The van der Waals surface area contributed by atoms with Crippen LogP contribution in [-0.4, -0.2) is 35.9 Å². The van der Waals surface area contributed by atoms with Gasteiger partial charge in [-0.05, 0) is 37.0 Å². The standard InChI is InChI=1S/C22H30N4O2/c1-3-11-26-20-10-13-28-15-18(20)19(24-26)8-9-22(27)23-17-7-6-16-5-4-12-25(2)21(16)14-17/h6-7,14H,3-5,8-13,15H2,1-2H3,(H,23,27). The maximum atomic E-state index is 12.5. The van der Waals surface area contributed by atoms with Crippen LogP contribution in [0.4, 0.5) is 11.4 Å². The average Bonchev–Trinajstić information content (AvgIpc) is 3.05. The van der Waals surface area contributed by atoms with E-state index in [1.165, 1.54) is 28.9 Å². The van der Waals surface area contributed by atoms with Gasteiger partial charge in [-0.2, -0.15) is 5.10 Å². The Kier molecular flexibility index (Phi) is 5.67. The molecule has 0 fully saturated rings. The highest BCUT2D eigenvalue weighted by molar-refractivity contribution is 5.91. The third-order valence-corrected chi connectivity index (χ3v) is 5.72. The van der Waals surface area contributed by atoms with Crippen LogP contribution in [0.25, 0.3) is 0 Å². The molecule has 0 bridgehead atoms. The number of benzene rings is 1. The third kappa shape index (κ3) is 3.92. The van der Waals surface area contributed by atoms with Crippen molar-refractivity contribution in [2.24, 2.45) is 0 Å². The Bertz CT molecular complexity index is 858. The summed E-state index contributed by atoms with van der Waals surface area (Å²) in [5, 5.41) is 7.84. The van der Waals surface area contributed by atoms with Gasteiger partial charge >= 0.3 is 0 Å². The lowest BCUT2D eigenvalue weighted by atomic mass is 10.0. The number of amides is 1. The molecule has 2 aliphatic heterocycles. The van der Waals surface area contributed by atoms with Gasteiger partial charge in [0.2, 0.25) is 5.91 Å². The van der Waals surface area contributed by atoms with Gasteiger partial charge in [0, 0.05) is 62.0 Å². The highest BCUT2D eigenvalue weighted by Gasteiger charge is 2.21. The van der Waals surface area contributed by atoms with Crippen LogP contribution in [0.1, 0.15) is 48.7 Å².